The third-order valence-corrected chi connectivity index (χ3v) is 4.97. The van der Waals surface area contributed by atoms with E-state index in [4.69, 9.17) is 4.74 Å². The molecule has 3 heteroatoms. The standard InChI is InChI=1S/C12H18O3/c1-15-12(14)7-3-8-6-2-10(9(8)4-7)11(13)5-6/h6-11,13H,2-5H2,1H3. The van der Waals surface area contributed by atoms with Crippen LogP contribution in [-0.2, 0) is 9.53 Å². The molecular weight excluding hydrogens is 192 g/mol. The number of carbonyl (C=O) groups is 1. The van der Waals surface area contributed by atoms with Crippen LogP contribution in [0.1, 0.15) is 25.7 Å². The van der Waals surface area contributed by atoms with Crippen LogP contribution in [0, 0.1) is 29.6 Å². The summed E-state index contributed by atoms with van der Waals surface area (Å²) in [5.41, 5.74) is 0. The summed E-state index contributed by atoms with van der Waals surface area (Å²) in [5.74, 6) is 2.53. The Morgan fingerprint density at radius 1 is 1.13 bits per heavy atom. The molecule has 0 spiro atoms. The van der Waals surface area contributed by atoms with Crippen LogP contribution in [-0.4, -0.2) is 24.3 Å². The van der Waals surface area contributed by atoms with E-state index in [1.807, 2.05) is 0 Å². The highest BCUT2D eigenvalue weighted by atomic mass is 16.5. The van der Waals surface area contributed by atoms with E-state index in [0.29, 0.717) is 23.7 Å². The maximum Gasteiger partial charge on any atom is 0.308 e. The fourth-order valence-electron chi connectivity index (χ4n) is 4.39. The number of hydrogen-bond donors (Lipinski definition) is 1. The molecule has 6 unspecified atom stereocenters. The van der Waals surface area contributed by atoms with Gasteiger partial charge in [0.25, 0.3) is 0 Å². The zero-order valence-electron chi connectivity index (χ0n) is 9.06. The van der Waals surface area contributed by atoms with Crippen molar-refractivity contribution >= 4 is 5.97 Å². The van der Waals surface area contributed by atoms with Crippen LogP contribution >= 0.6 is 0 Å². The summed E-state index contributed by atoms with van der Waals surface area (Å²) in [6, 6.07) is 0. The average molecular weight is 210 g/mol. The monoisotopic (exact) mass is 210 g/mol. The minimum absolute atomic E-state index is 0.0433. The molecule has 2 bridgehead atoms. The largest absolute Gasteiger partial charge is 0.469 e. The van der Waals surface area contributed by atoms with E-state index in [9.17, 15) is 9.90 Å². The number of rotatable bonds is 1. The lowest BCUT2D eigenvalue weighted by Gasteiger charge is -2.27. The van der Waals surface area contributed by atoms with Crippen molar-refractivity contribution in [1.82, 2.24) is 0 Å². The minimum atomic E-state index is -0.0901. The lowest BCUT2D eigenvalue weighted by Crippen LogP contribution is -2.27. The Hall–Kier alpha value is -0.570. The van der Waals surface area contributed by atoms with Gasteiger partial charge in [-0.3, -0.25) is 4.79 Å². The van der Waals surface area contributed by atoms with Crippen molar-refractivity contribution < 1.29 is 14.6 Å². The second-order valence-corrected chi connectivity index (χ2v) is 5.48. The third-order valence-electron chi connectivity index (χ3n) is 4.97. The van der Waals surface area contributed by atoms with E-state index in [1.54, 1.807) is 0 Å². The number of aliphatic hydroxyl groups is 1. The molecule has 0 radical (unpaired) electrons. The molecule has 3 fully saturated rings. The first kappa shape index (κ1) is 9.64. The molecule has 0 aromatic heterocycles. The van der Waals surface area contributed by atoms with Crippen molar-refractivity contribution in [3.63, 3.8) is 0 Å². The molecule has 0 aliphatic heterocycles. The summed E-state index contributed by atoms with van der Waals surface area (Å²) in [6.45, 7) is 0. The molecule has 1 N–H and O–H groups in total. The van der Waals surface area contributed by atoms with Crippen LogP contribution < -0.4 is 0 Å². The second-order valence-electron chi connectivity index (χ2n) is 5.48. The smallest absolute Gasteiger partial charge is 0.308 e. The first-order valence-electron chi connectivity index (χ1n) is 5.96. The summed E-state index contributed by atoms with van der Waals surface area (Å²) < 4.78 is 4.82. The Balaban J connectivity index is 1.74. The lowest BCUT2D eigenvalue weighted by molar-refractivity contribution is -0.145. The van der Waals surface area contributed by atoms with Crippen molar-refractivity contribution in [1.29, 1.82) is 0 Å². The number of fused-ring (bicyclic) bond motifs is 5. The normalized spacial score (nSPS) is 51.9. The van der Waals surface area contributed by atoms with Crippen LogP contribution in [0.15, 0.2) is 0 Å². The minimum Gasteiger partial charge on any atom is -0.469 e. The van der Waals surface area contributed by atoms with E-state index in [2.05, 4.69) is 0 Å². The van der Waals surface area contributed by atoms with Gasteiger partial charge in [-0.2, -0.15) is 0 Å². The zero-order chi connectivity index (χ0) is 10.6. The van der Waals surface area contributed by atoms with Gasteiger partial charge in [0.2, 0.25) is 0 Å². The highest BCUT2D eigenvalue weighted by Crippen LogP contribution is 2.60. The van der Waals surface area contributed by atoms with Crippen LogP contribution in [0.2, 0.25) is 0 Å². The van der Waals surface area contributed by atoms with E-state index in [-0.39, 0.29) is 18.0 Å². The highest BCUT2D eigenvalue weighted by molar-refractivity contribution is 5.72. The van der Waals surface area contributed by atoms with Crippen molar-refractivity contribution in [2.45, 2.75) is 31.8 Å². The molecule has 84 valence electrons. The topological polar surface area (TPSA) is 46.5 Å². The molecule has 0 heterocycles. The van der Waals surface area contributed by atoms with E-state index >= 15 is 0 Å². The van der Waals surface area contributed by atoms with Gasteiger partial charge in [0.05, 0.1) is 19.1 Å². The molecule has 6 atom stereocenters. The second kappa shape index (κ2) is 3.21. The van der Waals surface area contributed by atoms with Gasteiger partial charge >= 0.3 is 5.97 Å². The number of aliphatic hydroxyl groups excluding tert-OH is 1. The van der Waals surface area contributed by atoms with Crippen molar-refractivity contribution in [3.05, 3.63) is 0 Å². The molecule has 3 aliphatic rings. The van der Waals surface area contributed by atoms with Gasteiger partial charge < -0.3 is 9.84 Å². The lowest BCUT2D eigenvalue weighted by atomic mass is 9.80. The summed E-state index contributed by atoms with van der Waals surface area (Å²) in [7, 11) is 1.47. The van der Waals surface area contributed by atoms with Gasteiger partial charge in [-0.1, -0.05) is 0 Å². The Kier molecular flexibility index (Phi) is 2.06. The number of carbonyl (C=O) groups excluding carboxylic acids is 1. The SMILES string of the molecule is COC(=O)C1CC2C3CC(O)C(C3)C2C1. The average Bonchev–Trinajstić information content (AvgIpc) is 2.84. The first-order chi connectivity index (χ1) is 7.20. The number of methoxy groups -OCH3 is 1. The van der Waals surface area contributed by atoms with Crippen LogP contribution in [0.3, 0.4) is 0 Å². The maximum atomic E-state index is 11.5. The van der Waals surface area contributed by atoms with E-state index in [0.717, 1.165) is 19.3 Å². The molecule has 3 saturated carbocycles. The number of hydrogen-bond acceptors (Lipinski definition) is 3. The molecule has 3 nitrogen and oxygen atoms in total. The fraction of sp³-hybridized carbons (Fsp3) is 0.917. The van der Waals surface area contributed by atoms with Crippen LogP contribution in [0.25, 0.3) is 0 Å². The van der Waals surface area contributed by atoms with Crippen molar-refractivity contribution in [2.24, 2.45) is 29.6 Å². The summed E-state index contributed by atoms with van der Waals surface area (Å²) >= 11 is 0. The van der Waals surface area contributed by atoms with Gasteiger partial charge in [0.15, 0.2) is 0 Å². The summed E-state index contributed by atoms with van der Waals surface area (Å²) in [4.78, 5) is 11.5. The number of ether oxygens (including phenoxy) is 1. The molecule has 0 aromatic carbocycles. The Bertz CT molecular complexity index is 289. The molecule has 3 rings (SSSR count). The van der Waals surface area contributed by atoms with Crippen LogP contribution in [0.5, 0.6) is 0 Å². The molecule has 0 saturated heterocycles. The first-order valence-corrected chi connectivity index (χ1v) is 5.96. The van der Waals surface area contributed by atoms with E-state index in [1.165, 1.54) is 13.5 Å². The fourth-order valence-corrected chi connectivity index (χ4v) is 4.39. The summed E-state index contributed by atoms with van der Waals surface area (Å²) in [5, 5.41) is 9.83. The van der Waals surface area contributed by atoms with Gasteiger partial charge in [-0.25, -0.2) is 0 Å². The highest BCUT2D eigenvalue weighted by Gasteiger charge is 2.56. The van der Waals surface area contributed by atoms with Crippen molar-refractivity contribution in [2.75, 3.05) is 7.11 Å². The molecule has 3 aliphatic carbocycles. The zero-order valence-corrected chi connectivity index (χ0v) is 9.06. The predicted octanol–water partition coefficient (Wildman–Crippen LogP) is 1.20. The predicted molar refractivity (Wildman–Crippen MR) is 53.9 cm³/mol. The summed E-state index contributed by atoms with van der Waals surface area (Å²) in [6.07, 6.45) is 4.04. The quantitative estimate of drug-likeness (QED) is 0.661. The Labute approximate surface area is 89.8 Å². The van der Waals surface area contributed by atoms with Gasteiger partial charge in [-0.15, -0.1) is 0 Å². The third kappa shape index (κ3) is 1.25. The molecular formula is C12H18O3. The molecule has 15 heavy (non-hydrogen) atoms. The maximum absolute atomic E-state index is 11.5. The van der Waals surface area contributed by atoms with Crippen LogP contribution in [0.4, 0.5) is 0 Å². The Morgan fingerprint density at radius 3 is 2.60 bits per heavy atom. The Morgan fingerprint density at radius 2 is 1.87 bits per heavy atom. The van der Waals surface area contributed by atoms with Crippen molar-refractivity contribution in [3.8, 4) is 0 Å². The number of esters is 1. The van der Waals surface area contributed by atoms with Gasteiger partial charge in [0.1, 0.15) is 0 Å². The van der Waals surface area contributed by atoms with Gasteiger partial charge in [-0.05, 0) is 49.4 Å². The molecule has 0 amide bonds. The molecule has 0 aromatic rings. The van der Waals surface area contributed by atoms with E-state index < -0.39 is 0 Å². The van der Waals surface area contributed by atoms with Gasteiger partial charge in [0, 0.05) is 0 Å².